The number of rotatable bonds is 9. The quantitative estimate of drug-likeness (QED) is 0.402. The van der Waals surface area contributed by atoms with E-state index in [0.29, 0.717) is 12.3 Å². The van der Waals surface area contributed by atoms with Crippen molar-refractivity contribution in [2.75, 3.05) is 6.54 Å². The third kappa shape index (κ3) is 4.92. The lowest BCUT2D eigenvalue weighted by atomic mass is 10.1. The molecule has 0 saturated heterocycles. The summed E-state index contributed by atoms with van der Waals surface area (Å²) in [7, 11) is 0. The topological polar surface area (TPSA) is 128 Å². The van der Waals surface area contributed by atoms with Gasteiger partial charge in [0.1, 0.15) is 5.75 Å². The summed E-state index contributed by atoms with van der Waals surface area (Å²) in [5.41, 5.74) is 10.0. The summed E-state index contributed by atoms with van der Waals surface area (Å²) in [6.07, 6.45) is 1.40. The Labute approximate surface area is 129 Å². The lowest BCUT2D eigenvalue weighted by molar-refractivity contribution is -0.136. The van der Waals surface area contributed by atoms with E-state index in [2.05, 4.69) is 5.32 Å². The fourth-order valence-electron chi connectivity index (χ4n) is 2.08. The minimum atomic E-state index is -1.78. The Morgan fingerprint density at radius 1 is 1.36 bits per heavy atom. The second kappa shape index (κ2) is 8.23. The number of carboxylic acid groups (broad SMARTS) is 1. The van der Waals surface area contributed by atoms with Gasteiger partial charge >= 0.3 is 6.09 Å². The van der Waals surface area contributed by atoms with Gasteiger partial charge < -0.3 is 21.3 Å². The zero-order valence-corrected chi connectivity index (χ0v) is 12.7. The van der Waals surface area contributed by atoms with Crippen molar-refractivity contribution in [1.29, 1.82) is 0 Å². The molecular formula is C15H23N3O4. The highest BCUT2D eigenvalue weighted by Crippen LogP contribution is 2.22. The number of benzene rings is 1. The summed E-state index contributed by atoms with van der Waals surface area (Å²) < 4.78 is 5.58. The number of aryl methyl sites for hydroxylation is 1. The molecule has 1 atom stereocenters. The molecule has 0 aromatic heterocycles. The van der Waals surface area contributed by atoms with Crippen LogP contribution in [0.5, 0.6) is 5.75 Å². The van der Waals surface area contributed by atoms with E-state index in [4.69, 9.17) is 21.3 Å². The predicted molar refractivity (Wildman–Crippen MR) is 82.4 cm³/mol. The number of hydrogen-bond donors (Lipinski definition) is 4. The average Bonchev–Trinajstić information content (AvgIpc) is 2.46. The monoisotopic (exact) mass is 309 g/mol. The van der Waals surface area contributed by atoms with Gasteiger partial charge in [-0.05, 0) is 43.5 Å². The molecule has 1 rings (SSSR count). The summed E-state index contributed by atoms with van der Waals surface area (Å²) in [6, 6.07) is 7.15. The third-order valence-electron chi connectivity index (χ3n) is 3.31. The number of hydrogen-bond acceptors (Lipinski definition) is 4. The van der Waals surface area contributed by atoms with Gasteiger partial charge in [0.05, 0.1) is 0 Å². The number of unbranched alkanes of at least 4 members (excludes halogenated alkanes) is 1. The van der Waals surface area contributed by atoms with Crippen LogP contribution in [-0.4, -0.2) is 29.4 Å². The maximum atomic E-state index is 11.6. The molecule has 0 bridgehead atoms. The van der Waals surface area contributed by atoms with E-state index in [1.807, 2.05) is 6.07 Å². The van der Waals surface area contributed by atoms with Crippen LogP contribution in [0.1, 0.15) is 31.7 Å². The fourth-order valence-corrected chi connectivity index (χ4v) is 2.08. The first-order valence-corrected chi connectivity index (χ1v) is 7.22. The molecule has 0 spiro atoms. The van der Waals surface area contributed by atoms with Crippen LogP contribution < -0.4 is 21.5 Å². The molecule has 22 heavy (non-hydrogen) atoms. The van der Waals surface area contributed by atoms with Crippen LogP contribution in [0.4, 0.5) is 4.79 Å². The summed E-state index contributed by atoms with van der Waals surface area (Å²) in [5, 5.41) is 11.0. The predicted octanol–water partition coefficient (Wildman–Crippen LogP) is 1.21. The molecule has 0 heterocycles. The molecule has 7 heteroatoms. The Morgan fingerprint density at radius 3 is 2.64 bits per heavy atom. The lowest BCUT2D eigenvalue weighted by Gasteiger charge is -2.30. The van der Waals surface area contributed by atoms with Gasteiger partial charge in [0.15, 0.2) is 0 Å². The second-order valence-corrected chi connectivity index (χ2v) is 4.97. The van der Waals surface area contributed by atoms with Crippen molar-refractivity contribution < 1.29 is 19.4 Å². The number of carbonyl (C=O) groups excluding carboxylic acids is 1. The Hall–Kier alpha value is -2.28. The first-order valence-electron chi connectivity index (χ1n) is 7.22. The Balaban J connectivity index is 2.91. The molecule has 122 valence electrons. The first-order chi connectivity index (χ1) is 10.4. The molecule has 6 N–H and O–H groups in total. The average molecular weight is 309 g/mol. The minimum absolute atomic E-state index is 0.0754. The van der Waals surface area contributed by atoms with E-state index in [-0.39, 0.29) is 6.42 Å². The maximum Gasteiger partial charge on any atom is 0.408 e. The molecule has 0 radical (unpaired) electrons. The molecule has 1 aromatic rings. The summed E-state index contributed by atoms with van der Waals surface area (Å²) >= 11 is 0. The van der Waals surface area contributed by atoms with E-state index in [1.54, 1.807) is 25.1 Å². The van der Waals surface area contributed by atoms with Gasteiger partial charge in [-0.25, -0.2) is 4.79 Å². The minimum Gasteiger partial charge on any atom is -0.465 e. The number of primary amides is 1. The van der Waals surface area contributed by atoms with Crippen LogP contribution in [0.15, 0.2) is 24.3 Å². The smallest absolute Gasteiger partial charge is 0.408 e. The molecule has 0 saturated carbocycles. The van der Waals surface area contributed by atoms with E-state index in [9.17, 15) is 9.59 Å². The van der Waals surface area contributed by atoms with Gasteiger partial charge in [-0.2, -0.15) is 0 Å². The largest absolute Gasteiger partial charge is 0.465 e. The normalized spacial score (nSPS) is 13.2. The van der Waals surface area contributed by atoms with Crippen LogP contribution >= 0.6 is 0 Å². The molecule has 1 aromatic carbocycles. The summed E-state index contributed by atoms with van der Waals surface area (Å²) in [6.45, 7) is 2.26. The standard InChI is InChI=1S/C15H23N3O4/c1-2-15(13(17)19,18-14(20)21)22-12-8-5-7-11(10-12)6-3-4-9-16/h5,7-8,10,18H,2-4,6,9,16H2,1H3,(H2,17,19)(H,20,21). The Bertz CT molecular complexity index is 521. The second-order valence-electron chi connectivity index (χ2n) is 4.97. The zero-order valence-electron chi connectivity index (χ0n) is 12.7. The molecule has 2 amide bonds. The van der Waals surface area contributed by atoms with Crippen molar-refractivity contribution in [1.82, 2.24) is 5.32 Å². The number of amides is 2. The fraction of sp³-hybridized carbons (Fsp3) is 0.467. The van der Waals surface area contributed by atoms with Gasteiger partial charge in [0.2, 0.25) is 0 Å². The highest BCUT2D eigenvalue weighted by Gasteiger charge is 2.39. The van der Waals surface area contributed by atoms with Crippen molar-refractivity contribution in [3.63, 3.8) is 0 Å². The molecule has 0 aliphatic rings. The molecular weight excluding hydrogens is 286 g/mol. The van der Waals surface area contributed by atoms with Crippen LogP contribution in [-0.2, 0) is 11.2 Å². The van der Waals surface area contributed by atoms with E-state index in [0.717, 1.165) is 24.8 Å². The number of ether oxygens (including phenoxy) is 1. The van der Waals surface area contributed by atoms with Gasteiger partial charge in [0, 0.05) is 6.42 Å². The maximum absolute atomic E-state index is 11.6. The van der Waals surface area contributed by atoms with Crippen molar-refractivity contribution in [3.8, 4) is 5.75 Å². The van der Waals surface area contributed by atoms with Gasteiger partial charge in [0.25, 0.3) is 11.6 Å². The Kier molecular flexibility index (Phi) is 6.65. The van der Waals surface area contributed by atoms with Gasteiger partial charge in [-0.1, -0.05) is 19.1 Å². The molecule has 1 unspecified atom stereocenters. The SMILES string of the molecule is CCC(NC(=O)O)(Oc1cccc(CCCCN)c1)C(N)=O. The number of nitrogens with one attached hydrogen (secondary N) is 1. The van der Waals surface area contributed by atoms with Crippen LogP contribution in [0.25, 0.3) is 0 Å². The lowest BCUT2D eigenvalue weighted by Crippen LogP contribution is -2.60. The first kappa shape index (κ1) is 17.8. The van der Waals surface area contributed by atoms with Gasteiger partial charge in [-0.15, -0.1) is 0 Å². The molecule has 7 nitrogen and oxygen atoms in total. The highest BCUT2D eigenvalue weighted by molar-refractivity contribution is 5.87. The summed E-state index contributed by atoms with van der Waals surface area (Å²) in [5.74, 6) is -0.495. The number of nitrogens with two attached hydrogens (primary N) is 2. The van der Waals surface area contributed by atoms with Gasteiger partial charge in [-0.3, -0.25) is 10.1 Å². The number of carbonyl (C=O) groups is 2. The molecule has 0 aliphatic heterocycles. The molecule has 0 aliphatic carbocycles. The zero-order chi connectivity index (χ0) is 16.6. The van der Waals surface area contributed by atoms with Crippen LogP contribution in [0, 0.1) is 0 Å². The van der Waals surface area contributed by atoms with Crippen molar-refractivity contribution in [3.05, 3.63) is 29.8 Å². The van der Waals surface area contributed by atoms with Crippen molar-refractivity contribution >= 4 is 12.0 Å². The van der Waals surface area contributed by atoms with Crippen molar-refractivity contribution in [2.24, 2.45) is 11.5 Å². The van der Waals surface area contributed by atoms with E-state index in [1.165, 1.54) is 0 Å². The van der Waals surface area contributed by atoms with E-state index < -0.39 is 17.7 Å². The van der Waals surface area contributed by atoms with Crippen LogP contribution in [0.2, 0.25) is 0 Å². The van der Waals surface area contributed by atoms with Crippen LogP contribution in [0.3, 0.4) is 0 Å². The Morgan fingerprint density at radius 2 is 2.09 bits per heavy atom. The van der Waals surface area contributed by atoms with E-state index >= 15 is 0 Å². The van der Waals surface area contributed by atoms with Crippen molar-refractivity contribution in [2.45, 2.75) is 38.3 Å². The third-order valence-corrected chi connectivity index (χ3v) is 3.31. The molecule has 0 fully saturated rings. The summed E-state index contributed by atoms with van der Waals surface area (Å²) in [4.78, 5) is 22.5. The highest BCUT2D eigenvalue weighted by atomic mass is 16.5.